The van der Waals surface area contributed by atoms with Crippen molar-refractivity contribution in [3.8, 4) is 5.75 Å². The van der Waals surface area contributed by atoms with Crippen LogP contribution in [0.15, 0.2) is 24.3 Å². The largest absolute Gasteiger partial charge is 0.497 e. The van der Waals surface area contributed by atoms with Crippen LogP contribution in [0.1, 0.15) is 25.3 Å². The first-order chi connectivity index (χ1) is 12.1. The molecule has 25 heavy (non-hydrogen) atoms. The van der Waals surface area contributed by atoms with Gasteiger partial charge in [0.2, 0.25) is 11.8 Å². The molecule has 0 unspecified atom stereocenters. The van der Waals surface area contributed by atoms with E-state index in [1.54, 1.807) is 7.11 Å². The van der Waals surface area contributed by atoms with Crippen LogP contribution in [0, 0.1) is 0 Å². The third-order valence-electron chi connectivity index (χ3n) is 4.48. The van der Waals surface area contributed by atoms with Crippen LogP contribution in [0.3, 0.4) is 0 Å². The van der Waals surface area contributed by atoms with Crippen molar-refractivity contribution >= 4 is 11.8 Å². The zero-order valence-electron chi connectivity index (χ0n) is 15.3. The Kier molecular flexibility index (Phi) is 7.73. The standard InChI is InChI=1S/C19H29N3O3/c1-3-20-18(23)15-21-11-13-22(14-12-21)19(24)6-4-5-16-7-9-17(25-2)10-8-16/h7-10H,3-6,11-15H2,1-2H3,(H,20,23). The summed E-state index contributed by atoms with van der Waals surface area (Å²) >= 11 is 0. The molecule has 0 bridgehead atoms. The number of hydrogen-bond donors (Lipinski definition) is 1. The Morgan fingerprint density at radius 3 is 2.40 bits per heavy atom. The summed E-state index contributed by atoms with van der Waals surface area (Å²) in [7, 11) is 1.66. The van der Waals surface area contributed by atoms with Gasteiger partial charge >= 0.3 is 0 Å². The quantitative estimate of drug-likeness (QED) is 0.770. The van der Waals surface area contributed by atoms with E-state index < -0.39 is 0 Å². The molecule has 0 spiro atoms. The molecule has 1 saturated heterocycles. The zero-order valence-corrected chi connectivity index (χ0v) is 15.3. The molecule has 138 valence electrons. The molecule has 6 nitrogen and oxygen atoms in total. The van der Waals surface area contributed by atoms with Crippen molar-refractivity contribution < 1.29 is 14.3 Å². The maximum Gasteiger partial charge on any atom is 0.234 e. The summed E-state index contributed by atoms with van der Waals surface area (Å²) in [5.74, 6) is 1.12. The lowest BCUT2D eigenvalue weighted by Gasteiger charge is -2.34. The number of methoxy groups -OCH3 is 1. The van der Waals surface area contributed by atoms with Gasteiger partial charge in [0.25, 0.3) is 0 Å². The summed E-state index contributed by atoms with van der Waals surface area (Å²) in [5, 5.41) is 2.81. The highest BCUT2D eigenvalue weighted by molar-refractivity contribution is 5.78. The summed E-state index contributed by atoms with van der Waals surface area (Å²) in [6.07, 6.45) is 2.32. The van der Waals surface area contributed by atoms with E-state index in [0.717, 1.165) is 31.7 Å². The number of aryl methyl sites for hydroxylation is 1. The Morgan fingerprint density at radius 1 is 1.12 bits per heavy atom. The molecule has 2 amide bonds. The van der Waals surface area contributed by atoms with Crippen LogP contribution >= 0.6 is 0 Å². The van der Waals surface area contributed by atoms with Gasteiger partial charge in [0.05, 0.1) is 13.7 Å². The number of ether oxygens (including phenoxy) is 1. The molecule has 6 heteroatoms. The van der Waals surface area contributed by atoms with Gasteiger partial charge in [0.15, 0.2) is 0 Å². The lowest BCUT2D eigenvalue weighted by Crippen LogP contribution is -2.51. The van der Waals surface area contributed by atoms with Crippen molar-refractivity contribution in [3.63, 3.8) is 0 Å². The van der Waals surface area contributed by atoms with E-state index in [1.807, 2.05) is 36.1 Å². The second-order valence-electron chi connectivity index (χ2n) is 6.31. The average molecular weight is 347 g/mol. The lowest BCUT2D eigenvalue weighted by atomic mass is 10.1. The molecule has 1 heterocycles. The minimum absolute atomic E-state index is 0.0572. The van der Waals surface area contributed by atoms with Crippen molar-refractivity contribution in [1.82, 2.24) is 15.1 Å². The van der Waals surface area contributed by atoms with Crippen LogP contribution in [-0.2, 0) is 16.0 Å². The van der Waals surface area contributed by atoms with Gasteiger partial charge in [-0.1, -0.05) is 12.1 Å². The molecular weight excluding hydrogens is 318 g/mol. The van der Waals surface area contributed by atoms with Gasteiger partial charge in [0.1, 0.15) is 5.75 Å². The van der Waals surface area contributed by atoms with Gasteiger partial charge < -0.3 is 15.0 Å². The first-order valence-corrected chi connectivity index (χ1v) is 9.02. The van der Waals surface area contributed by atoms with Crippen LogP contribution in [0.2, 0.25) is 0 Å². The monoisotopic (exact) mass is 347 g/mol. The highest BCUT2D eigenvalue weighted by Crippen LogP contribution is 2.14. The predicted octanol–water partition coefficient (Wildman–Crippen LogP) is 1.30. The van der Waals surface area contributed by atoms with Crippen molar-refractivity contribution in [1.29, 1.82) is 0 Å². The van der Waals surface area contributed by atoms with Gasteiger partial charge in [0, 0.05) is 39.1 Å². The molecule has 0 saturated carbocycles. The molecule has 1 fully saturated rings. The topological polar surface area (TPSA) is 61.9 Å². The minimum atomic E-state index is 0.0572. The summed E-state index contributed by atoms with van der Waals surface area (Å²) in [6.45, 7) is 5.95. The zero-order chi connectivity index (χ0) is 18.1. The van der Waals surface area contributed by atoms with E-state index in [-0.39, 0.29) is 11.8 Å². The van der Waals surface area contributed by atoms with Gasteiger partial charge in [-0.15, -0.1) is 0 Å². The van der Waals surface area contributed by atoms with Crippen LogP contribution in [0.4, 0.5) is 0 Å². The molecule has 1 aliphatic rings. The molecule has 0 atom stereocenters. The first kappa shape index (κ1) is 19.2. The third-order valence-corrected chi connectivity index (χ3v) is 4.48. The lowest BCUT2D eigenvalue weighted by molar-refractivity contribution is -0.133. The molecule has 0 aliphatic carbocycles. The molecule has 1 aromatic rings. The molecule has 1 aromatic carbocycles. The van der Waals surface area contributed by atoms with E-state index in [4.69, 9.17) is 4.74 Å². The summed E-state index contributed by atoms with van der Waals surface area (Å²) in [5.41, 5.74) is 1.22. The molecular formula is C19H29N3O3. The normalized spacial score (nSPS) is 15.0. The highest BCUT2D eigenvalue weighted by Gasteiger charge is 2.21. The average Bonchev–Trinajstić information content (AvgIpc) is 2.63. The Balaban J connectivity index is 1.65. The van der Waals surface area contributed by atoms with E-state index in [0.29, 0.717) is 32.6 Å². The Hall–Kier alpha value is -2.08. The number of hydrogen-bond acceptors (Lipinski definition) is 4. The minimum Gasteiger partial charge on any atom is -0.497 e. The fourth-order valence-electron chi connectivity index (χ4n) is 3.01. The van der Waals surface area contributed by atoms with Crippen molar-refractivity contribution in [2.24, 2.45) is 0 Å². The first-order valence-electron chi connectivity index (χ1n) is 9.02. The van der Waals surface area contributed by atoms with E-state index in [2.05, 4.69) is 10.2 Å². The highest BCUT2D eigenvalue weighted by atomic mass is 16.5. The number of rotatable bonds is 8. The van der Waals surface area contributed by atoms with Crippen LogP contribution in [0.5, 0.6) is 5.75 Å². The Morgan fingerprint density at radius 2 is 1.80 bits per heavy atom. The van der Waals surface area contributed by atoms with Crippen LogP contribution in [-0.4, -0.2) is 68.0 Å². The maximum atomic E-state index is 12.3. The predicted molar refractivity (Wildman–Crippen MR) is 97.6 cm³/mol. The summed E-state index contributed by atoms with van der Waals surface area (Å²) < 4.78 is 5.15. The second-order valence-corrected chi connectivity index (χ2v) is 6.31. The van der Waals surface area contributed by atoms with E-state index in [1.165, 1.54) is 5.56 Å². The molecule has 0 radical (unpaired) electrons. The summed E-state index contributed by atoms with van der Waals surface area (Å²) in [6, 6.07) is 7.99. The van der Waals surface area contributed by atoms with Gasteiger partial charge in [-0.05, 0) is 37.5 Å². The molecule has 1 aliphatic heterocycles. The van der Waals surface area contributed by atoms with Crippen molar-refractivity contribution in [3.05, 3.63) is 29.8 Å². The number of likely N-dealkylation sites (N-methyl/N-ethyl adjacent to an activating group) is 1. The van der Waals surface area contributed by atoms with E-state index >= 15 is 0 Å². The van der Waals surface area contributed by atoms with Crippen LogP contribution < -0.4 is 10.1 Å². The second kappa shape index (κ2) is 10.0. The number of nitrogens with zero attached hydrogens (tertiary/aromatic N) is 2. The van der Waals surface area contributed by atoms with E-state index in [9.17, 15) is 9.59 Å². The van der Waals surface area contributed by atoms with Crippen molar-refractivity contribution in [2.45, 2.75) is 26.2 Å². The molecule has 2 rings (SSSR count). The Bertz CT molecular complexity index is 552. The Labute approximate surface area is 150 Å². The van der Waals surface area contributed by atoms with Crippen molar-refractivity contribution in [2.75, 3.05) is 46.4 Å². The van der Waals surface area contributed by atoms with Crippen LogP contribution in [0.25, 0.3) is 0 Å². The number of benzene rings is 1. The number of carbonyl (C=O) groups is 2. The number of carbonyl (C=O) groups excluding carboxylic acids is 2. The fraction of sp³-hybridized carbons (Fsp3) is 0.579. The number of nitrogens with one attached hydrogen (secondary N) is 1. The van der Waals surface area contributed by atoms with Gasteiger partial charge in [-0.2, -0.15) is 0 Å². The summed E-state index contributed by atoms with van der Waals surface area (Å²) in [4.78, 5) is 28.0. The van der Waals surface area contributed by atoms with Gasteiger partial charge in [-0.25, -0.2) is 0 Å². The molecule has 0 aromatic heterocycles. The van der Waals surface area contributed by atoms with Gasteiger partial charge in [-0.3, -0.25) is 14.5 Å². The number of piperazine rings is 1. The maximum absolute atomic E-state index is 12.3. The fourth-order valence-corrected chi connectivity index (χ4v) is 3.01. The SMILES string of the molecule is CCNC(=O)CN1CCN(C(=O)CCCc2ccc(OC)cc2)CC1. The smallest absolute Gasteiger partial charge is 0.234 e. The molecule has 1 N–H and O–H groups in total. The number of amides is 2. The third kappa shape index (κ3) is 6.38.